The fourth-order valence-electron chi connectivity index (χ4n) is 3.89. The third-order valence-electron chi connectivity index (χ3n) is 5.71. The summed E-state index contributed by atoms with van der Waals surface area (Å²) in [5, 5.41) is 3.42. The first-order valence-corrected chi connectivity index (χ1v) is 10.2. The van der Waals surface area contributed by atoms with Gasteiger partial charge < -0.3 is 5.32 Å². The van der Waals surface area contributed by atoms with Gasteiger partial charge in [-0.05, 0) is 54.7 Å². The van der Waals surface area contributed by atoms with E-state index < -0.39 is 11.6 Å². The summed E-state index contributed by atoms with van der Waals surface area (Å²) < 4.78 is 13.2. The van der Waals surface area contributed by atoms with Crippen molar-refractivity contribution in [1.82, 2.24) is 15.1 Å². The van der Waals surface area contributed by atoms with Crippen molar-refractivity contribution in [2.45, 2.75) is 44.3 Å². The fraction of sp³-hybridized carbons (Fsp3) is 0.364. The average Bonchev–Trinajstić information content (AvgIpc) is 3.52. The van der Waals surface area contributed by atoms with Crippen LogP contribution >= 0.6 is 11.6 Å². The first kappa shape index (κ1) is 19.9. The van der Waals surface area contributed by atoms with E-state index in [9.17, 15) is 14.0 Å². The lowest BCUT2D eigenvalue weighted by Gasteiger charge is -2.28. The lowest BCUT2D eigenvalue weighted by atomic mass is 9.87. The van der Waals surface area contributed by atoms with Gasteiger partial charge in [-0.3, -0.25) is 9.69 Å². The highest BCUT2D eigenvalue weighted by atomic mass is 35.5. The van der Waals surface area contributed by atoms with Gasteiger partial charge in [-0.15, -0.1) is 0 Å². The highest BCUT2D eigenvalue weighted by Crippen LogP contribution is 2.35. The minimum Gasteiger partial charge on any atom is -0.319 e. The number of amides is 3. The Morgan fingerprint density at radius 1 is 1.21 bits per heavy atom. The number of halogens is 2. The molecule has 2 aliphatic rings. The van der Waals surface area contributed by atoms with Gasteiger partial charge in [-0.1, -0.05) is 42.8 Å². The van der Waals surface area contributed by atoms with Crippen molar-refractivity contribution in [3.63, 3.8) is 0 Å². The van der Waals surface area contributed by atoms with Gasteiger partial charge in [-0.2, -0.15) is 0 Å². The van der Waals surface area contributed by atoms with Gasteiger partial charge in [0.2, 0.25) is 0 Å². The molecule has 5 nitrogen and oxygen atoms in total. The smallest absolute Gasteiger partial charge is 0.319 e. The van der Waals surface area contributed by atoms with Crippen LogP contribution in [-0.4, -0.2) is 34.4 Å². The molecule has 0 spiro atoms. The van der Waals surface area contributed by atoms with Crippen molar-refractivity contribution in [1.29, 1.82) is 0 Å². The molecule has 1 aliphatic carbocycles. The van der Waals surface area contributed by atoms with E-state index >= 15 is 0 Å². The summed E-state index contributed by atoms with van der Waals surface area (Å²) in [6.45, 7) is 2.63. The SMILES string of the molecule is CC[C@]1(c2cccc(Cl)c2)NC(=O)N(CN(Cc2ccc(F)cc2)C2CC2)C1=O. The van der Waals surface area contributed by atoms with Gasteiger partial charge in [-0.25, -0.2) is 14.1 Å². The Hall–Kier alpha value is -2.44. The first-order valence-electron chi connectivity index (χ1n) is 9.81. The highest BCUT2D eigenvalue weighted by Gasteiger charge is 2.52. The lowest BCUT2D eigenvalue weighted by Crippen LogP contribution is -2.45. The van der Waals surface area contributed by atoms with Crippen LogP contribution < -0.4 is 5.32 Å². The molecule has 1 saturated carbocycles. The third kappa shape index (κ3) is 3.87. The van der Waals surface area contributed by atoms with Crippen LogP contribution in [0.1, 0.15) is 37.3 Å². The van der Waals surface area contributed by atoms with Crippen molar-refractivity contribution >= 4 is 23.5 Å². The molecule has 7 heteroatoms. The van der Waals surface area contributed by atoms with Crippen molar-refractivity contribution in [3.05, 3.63) is 70.5 Å². The van der Waals surface area contributed by atoms with E-state index in [0.29, 0.717) is 29.6 Å². The zero-order valence-corrected chi connectivity index (χ0v) is 17.0. The quantitative estimate of drug-likeness (QED) is 0.687. The molecule has 0 unspecified atom stereocenters. The van der Waals surface area contributed by atoms with Crippen LogP contribution in [-0.2, 0) is 16.9 Å². The van der Waals surface area contributed by atoms with E-state index in [2.05, 4.69) is 10.2 Å². The molecule has 29 heavy (non-hydrogen) atoms. The molecule has 2 aromatic carbocycles. The summed E-state index contributed by atoms with van der Waals surface area (Å²) >= 11 is 6.13. The van der Waals surface area contributed by atoms with Gasteiger partial charge in [0.05, 0.1) is 6.67 Å². The molecule has 4 rings (SSSR count). The molecular formula is C22H23ClFN3O2. The number of hydrogen-bond donors (Lipinski definition) is 1. The van der Waals surface area contributed by atoms with Crippen molar-refractivity contribution in [2.75, 3.05) is 6.67 Å². The van der Waals surface area contributed by atoms with Crippen LogP contribution in [0.3, 0.4) is 0 Å². The standard InChI is InChI=1S/C22H23ClFN3O2/c1-2-22(16-4-3-5-17(23)12-16)20(28)27(21(29)25-22)14-26(19-10-11-19)13-15-6-8-18(24)9-7-15/h3-9,12,19H,2,10-11,13-14H2,1H3,(H,25,29)/t22-/m1/s1. The van der Waals surface area contributed by atoms with Crippen molar-refractivity contribution in [3.8, 4) is 0 Å². The number of imide groups is 1. The molecule has 2 fully saturated rings. The van der Waals surface area contributed by atoms with Crippen molar-refractivity contribution in [2.24, 2.45) is 0 Å². The Bertz CT molecular complexity index is 932. The zero-order chi connectivity index (χ0) is 20.6. The molecule has 1 atom stereocenters. The monoisotopic (exact) mass is 415 g/mol. The molecule has 3 amide bonds. The summed E-state index contributed by atoms with van der Waals surface area (Å²) in [6.07, 6.45) is 2.48. The van der Waals surface area contributed by atoms with Crippen LogP contribution in [0.15, 0.2) is 48.5 Å². The van der Waals surface area contributed by atoms with Crippen LogP contribution in [0.5, 0.6) is 0 Å². The van der Waals surface area contributed by atoms with Crippen molar-refractivity contribution < 1.29 is 14.0 Å². The van der Waals surface area contributed by atoms with Gasteiger partial charge >= 0.3 is 6.03 Å². The average molecular weight is 416 g/mol. The molecule has 1 N–H and O–H groups in total. The summed E-state index contributed by atoms with van der Waals surface area (Å²) in [7, 11) is 0. The maximum Gasteiger partial charge on any atom is 0.326 e. The number of benzene rings is 2. The van der Waals surface area contributed by atoms with E-state index in [1.54, 1.807) is 30.3 Å². The van der Waals surface area contributed by atoms with E-state index in [1.165, 1.54) is 17.0 Å². The molecule has 1 saturated heterocycles. The van der Waals surface area contributed by atoms with Crippen LogP contribution in [0.25, 0.3) is 0 Å². The third-order valence-corrected chi connectivity index (χ3v) is 5.94. The Balaban J connectivity index is 1.56. The van der Waals surface area contributed by atoms with E-state index in [4.69, 9.17) is 11.6 Å². The number of nitrogens with one attached hydrogen (secondary N) is 1. The predicted molar refractivity (Wildman–Crippen MR) is 109 cm³/mol. The maximum atomic E-state index is 13.4. The minimum absolute atomic E-state index is 0.203. The van der Waals surface area contributed by atoms with Crippen LogP contribution in [0.4, 0.5) is 9.18 Å². The summed E-state index contributed by atoms with van der Waals surface area (Å²) in [4.78, 5) is 29.5. The Kier molecular flexibility index (Phi) is 5.32. The zero-order valence-electron chi connectivity index (χ0n) is 16.2. The Labute approximate surface area is 174 Å². The highest BCUT2D eigenvalue weighted by molar-refractivity contribution is 6.30. The van der Waals surface area contributed by atoms with E-state index in [-0.39, 0.29) is 18.4 Å². The number of urea groups is 1. The predicted octanol–water partition coefficient (Wildman–Crippen LogP) is 4.26. The van der Waals surface area contributed by atoms with Crippen LogP contribution in [0.2, 0.25) is 5.02 Å². The second kappa shape index (κ2) is 7.76. The number of hydrogen-bond acceptors (Lipinski definition) is 3. The molecule has 1 heterocycles. The summed E-state index contributed by atoms with van der Waals surface area (Å²) in [5.74, 6) is -0.549. The summed E-state index contributed by atoms with van der Waals surface area (Å²) in [6, 6.07) is 13.3. The molecule has 0 bridgehead atoms. The molecule has 1 aliphatic heterocycles. The second-order valence-corrected chi connectivity index (χ2v) is 8.11. The Morgan fingerprint density at radius 3 is 2.55 bits per heavy atom. The topological polar surface area (TPSA) is 52.7 Å². The molecule has 2 aromatic rings. The minimum atomic E-state index is -1.10. The molecule has 0 radical (unpaired) electrons. The fourth-order valence-corrected chi connectivity index (χ4v) is 4.08. The van der Waals surface area contributed by atoms with Crippen LogP contribution in [0, 0.1) is 5.82 Å². The molecule has 152 valence electrons. The first-order chi connectivity index (χ1) is 13.9. The van der Waals surface area contributed by atoms with Gasteiger partial charge in [0.25, 0.3) is 5.91 Å². The number of carbonyl (C=O) groups is 2. The van der Waals surface area contributed by atoms with Gasteiger partial charge in [0.15, 0.2) is 0 Å². The number of carbonyl (C=O) groups excluding carboxylic acids is 2. The van der Waals surface area contributed by atoms with E-state index in [0.717, 1.165) is 18.4 Å². The Morgan fingerprint density at radius 2 is 1.93 bits per heavy atom. The molecule has 0 aromatic heterocycles. The van der Waals surface area contributed by atoms with Gasteiger partial charge in [0, 0.05) is 17.6 Å². The summed E-state index contributed by atoms with van der Waals surface area (Å²) in [5.41, 5.74) is 0.527. The number of nitrogens with zero attached hydrogens (tertiary/aromatic N) is 2. The second-order valence-electron chi connectivity index (χ2n) is 7.68. The number of rotatable bonds is 7. The lowest BCUT2D eigenvalue weighted by molar-refractivity contribution is -0.133. The maximum absolute atomic E-state index is 13.4. The van der Waals surface area contributed by atoms with Gasteiger partial charge in [0.1, 0.15) is 11.4 Å². The largest absolute Gasteiger partial charge is 0.326 e. The normalized spacial score (nSPS) is 21.7. The molecular weight excluding hydrogens is 393 g/mol. The van der Waals surface area contributed by atoms with E-state index in [1.807, 2.05) is 13.0 Å².